The van der Waals surface area contributed by atoms with Gasteiger partial charge in [0.05, 0.1) is 11.4 Å². The zero-order valence-corrected chi connectivity index (χ0v) is 11.9. The van der Waals surface area contributed by atoms with Gasteiger partial charge in [0.15, 0.2) is 15.6 Å². The Morgan fingerprint density at radius 2 is 2.16 bits per heavy atom. The summed E-state index contributed by atoms with van der Waals surface area (Å²) in [6, 6.07) is 7.00. The molecule has 1 aliphatic rings. The molecule has 0 spiro atoms. The molecule has 0 bridgehead atoms. The predicted octanol–water partition coefficient (Wildman–Crippen LogP) is 1.77. The van der Waals surface area contributed by atoms with E-state index in [1.54, 1.807) is 25.1 Å². The Morgan fingerprint density at radius 1 is 1.42 bits per heavy atom. The molecule has 1 aliphatic heterocycles. The highest BCUT2D eigenvalue weighted by Crippen LogP contribution is 2.22. The minimum Gasteiger partial charge on any atom is -0.377 e. The summed E-state index contributed by atoms with van der Waals surface area (Å²) in [5.41, 5.74) is 1.40. The first-order valence-corrected chi connectivity index (χ1v) is 8.05. The van der Waals surface area contributed by atoms with E-state index >= 15 is 0 Å². The molecule has 5 heteroatoms. The van der Waals surface area contributed by atoms with Crippen LogP contribution in [0.15, 0.2) is 24.3 Å². The Morgan fingerprint density at radius 3 is 2.74 bits per heavy atom. The Balaban J connectivity index is 2.14. The fraction of sp³-hybridized carbons (Fsp3) is 0.500. The van der Waals surface area contributed by atoms with E-state index in [1.165, 1.54) is 0 Å². The Hall–Kier alpha value is -1.20. The van der Waals surface area contributed by atoms with Gasteiger partial charge >= 0.3 is 0 Å². The number of ketones is 1. The van der Waals surface area contributed by atoms with Crippen molar-refractivity contribution in [2.24, 2.45) is 0 Å². The van der Waals surface area contributed by atoms with Crippen LogP contribution in [0.2, 0.25) is 0 Å². The van der Waals surface area contributed by atoms with Crippen LogP contribution < -0.4 is 0 Å². The van der Waals surface area contributed by atoms with Gasteiger partial charge in [-0.25, -0.2) is 8.42 Å². The van der Waals surface area contributed by atoms with Gasteiger partial charge < -0.3 is 4.74 Å². The third-order valence-electron chi connectivity index (χ3n) is 3.44. The van der Waals surface area contributed by atoms with Crippen LogP contribution in [-0.2, 0) is 14.6 Å². The van der Waals surface area contributed by atoms with Gasteiger partial charge in [-0.3, -0.25) is 4.79 Å². The lowest BCUT2D eigenvalue weighted by Gasteiger charge is -2.14. The number of ether oxygens (including phenoxy) is 1. The van der Waals surface area contributed by atoms with E-state index in [4.69, 9.17) is 4.74 Å². The van der Waals surface area contributed by atoms with Gasteiger partial charge in [-0.1, -0.05) is 23.8 Å². The van der Waals surface area contributed by atoms with Crippen molar-refractivity contribution in [2.45, 2.75) is 31.6 Å². The fourth-order valence-electron chi connectivity index (χ4n) is 2.38. The maximum Gasteiger partial charge on any atom is 0.177 e. The van der Waals surface area contributed by atoms with E-state index in [2.05, 4.69) is 0 Å². The molecule has 1 aromatic rings. The molecular formula is C14H18O4S. The van der Waals surface area contributed by atoms with Crippen molar-refractivity contribution in [2.75, 3.05) is 12.4 Å². The number of hydrogen-bond donors (Lipinski definition) is 0. The van der Waals surface area contributed by atoms with Gasteiger partial charge in [0, 0.05) is 12.2 Å². The zero-order chi connectivity index (χ0) is 14.0. The second kappa shape index (κ2) is 5.43. The van der Waals surface area contributed by atoms with Gasteiger partial charge in [-0.2, -0.15) is 0 Å². The van der Waals surface area contributed by atoms with Crippen molar-refractivity contribution in [1.29, 1.82) is 0 Å². The molecule has 0 radical (unpaired) electrons. The SMILES string of the molecule is Cc1cccc(C(=O)CS(=O)(=O)C2CCOC2C)c1. The van der Waals surface area contributed by atoms with Gasteiger partial charge in [0.25, 0.3) is 0 Å². The number of rotatable bonds is 4. The average Bonchev–Trinajstić information content (AvgIpc) is 2.75. The van der Waals surface area contributed by atoms with Crippen molar-refractivity contribution in [3.8, 4) is 0 Å². The average molecular weight is 282 g/mol. The van der Waals surface area contributed by atoms with Crippen LogP contribution in [-0.4, -0.2) is 37.9 Å². The number of sulfone groups is 1. The zero-order valence-electron chi connectivity index (χ0n) is 11.1. The number of aryl methyl sites for hydroxylation is 1. The second-order valence-electron chi connectivity index (χ2n) is 5.00. The van der Waals surface area contributed by atoms with Crippen LogP contribution in [0.4, 0.5) is 0 Å². The lowest BCUT2D eigenvalue weighted by molar-refractivity contribution is 0.102. The number of benzene rings is 1. The van der Waals surface area contributed by atoms with Crippen LogP contribution in [0.25, 0.3) is 0 Å². The highest BCUT2D eigenvalue weighted by Gasteiger charge is 2.36. The van der Waals surface area contributed by atoms with E-state index in [-0.39, 0.29) is 11.9 Å². The van der Waals surface area contributed by atoms with Crippen LogP contribution >= 0.6 is 0 Å². The van der Waals surface area contributed by atoms with E-state index in [1.807, 2.05) is 13.0 Å². The summed E-state index contributed by atoms with van der Waals surface area (Å²) in [6.07, 6.45) is 0.153. The molecule has 2 unspecified atom stereocenters. The molecule has 2 rings (SSSR count). The minimum absolute atomic E-state index is 0.324. The van der Waals surface area contributed by atoms with Gasteiger partial charge in [-0.05, 0) is 26.3 Å². The molecule has 1 heterocycles. The molecule has 1 saturated heterocycles. The quantitative estimate of drug-likeness (QED) is 0.790. The van der Waals surface area contributed by atoms with Crippen molar-refractivity contribution >= 4 is 15.6 Å². The lowest BCUT2D eigenvalue weighted by Crippen LogP contribution is -2.32. The van der Waals surface area contributed by atoms with Crippen LogP contribution in [0.5, 0.6) is 0 Å². The number of carbonyl (C=O) groups excluding carboxylic acids is 1. The van der Waals surface area contributed by atoms with E-state index < -0.39 is 20.8 Å². The van der Waals surface area contributed by atoms with Crippen molar-refractivity contribution in [3.63, 3.8) is 0 Å². The normalized spacial score (nSPS) is 23.5. The molecule has 1 aromatic carbocycles. The van der Waals surface area contributed by atoms with E-state index in [9.17, 15) is 13.2 Å². The van der Waals surface area contributed by atoms with Crippen LogP contribution in [0, 0.1) is 6.92 Å². The monoisotopic (exact) mass is 282 g/mol. The smallest absolute Gasteiger partial charge is 0.177 e. The molecule has 0 saturated carbocycles. The number of Topliss-reactive ketones (excluding diaryl/α,β-unsaturated/α-hetero) is 1. The Bertz CT molecular complexity index is 577. The second-order valence-corrected chi connectivity index (χ2v) is 7.22. The minimum atomic E-state index is -3.44. The summed E-state index contributed by atoms with van der Waals surface area (Å²) in [7, 11) is -3.44. The predicted molar refractivity (Wildman–Crippen MR) is 73.1 cm³/mol. The van der Waals surface area contributed by atoms with Crippen LogP contribution in [0.1, 0.15) is 29.3 Å². The summed E-state index contributed by atoms with van der Waals surface area (Å²) in [4.78, 5) is 12.1. The lowest BCUT2D eigenvalue weighted by atomic mass is 10.1. The van der Waals surface area contributed by atoms with Gasteiger partial charge in [0.1, 0.15) is 5.75 Å². The molecule has 4 nitrogen and oxygen atoms in total. The number of carbonyl (C=O) groups is 1. The summed E-state index contributed by atoms with van der Waals surface area (Å²) in [5.74, 6) is -0.780. The summed E-state index contributed by atoms with van der Waals surface area (Å²) < 4.78 is 29.7. The largest absolute Gasteiger partial charge is 0.377 e. The topological polar surface area (TPSA) is 60.4 Å². The van der Waals surface area contributed by atoms with Crippen LogP contribution in [0.3, 0.4) is 0 Å². The van der Waals surface area contributed by atoms with Crippen molar-refractivity contribution in [3.05, 3.63) is 35.4 Å². The maximum atomic E-state index is 12.2. The molecule has 19 heavy (non-hydrogen) atoms. The molecule has 0 amide bonds. The summed E-state index contributed by atoms with van der Waals surface area (Å²) >= 11 is 0. The maximum absolute atomic E-state index is 12.2. The van der Waals surface area contributed by atoms with Crippen molar-refractivity contribution in [1.82, 2.24) is 0 Å². The first kappa shape index (κ1) is 14.2. The highest BCUT2D eigenvalue weighted by molar-refractivity contribution is 7.92. The summed E-state index contributed by atoms with van der Waals surface area (Å²) in [5, 5.41) is -0.554. The van der Waals surface area contributed by atoms with E-state index in [0.29, 0.717) is 18.6 Å². The third kappa shape index (κ3) is 3.22. The third-order valence-corrected chi connectivity index (χ3v) is 5.65. The molecule has 0 aliphatic carbocycles. The van der Waals surface area contributed by atoms with Crippen molar-refractivity contribution < 1.29 is 17.9 Å². The van der Waals surface area contributed by atoms with E-state index in [0.717, 1.165) is 5.56 Å². The molecular weight excluding hydrogens is 264 g/mol. The Labute approximate surface area is 113 Å². The van der Waals surface area contributed by atoms with Gasteiger partial charge in [0.2, 0.25) is 0 Å². The molecule has 0 aromatic heterocycles. The summed E-state index contributed by atoms with van der Waals surface area (Å²) in [6.45, 7) is 4.06. The number of hydrogen-bond acceptors (Lipinski definition) is 4. The first-order chi connectivity index (χ1) is 8.90. The highest BCUT2D eigenvalue weighted by atomic mass is 32.2. The molecule has 104 valence electrons. The molecule has 2 atom stereocenters. The fourth-order valence-corrected chi connectivity index (χ4v) is 4.24. The standard InChI is InChI=1S/C14H18O4S/c1-10-4-3-5-12(8-10)13(15)9-19(16,17)14-6-7-18-11(14)2/h3-5,8,11,14H,6-7,9H2,1-2H3. The Kier molecular flexibility index (Phi) is 4.06. The molecule has 0 N–H and O–H groups in total. The molecule has 1 fully saturated rings. The first-order valence-electron chi connectivity index (χ1n) is 6.33. The van der Waals surface area contributed by atoms with Gasteiger partial charge in [-0.15, -0.1) is 0 Å².